The Kier molecular flexibility index (Phi) is 14.2. The first-order chi connectivity index (χ1) is 32.4. The van der Waals surface area contributed by atoms with E-state index in [4.69, 9.17) is 59.0 Å². The van der Waals surface area contributed by atoms with Crippen molar-refractivity contribution in [3.05, 3.63) is 74.9 Å². The molecule has 0 radical (unpaired) electrons. The quantitative estimate of drug-likeness (QED) is 0.0242. The van der Waals surface area contributed by atoms with Crippen LogP contribution in [0, 0.1) is 17.3 Å². The fraction of sp³-hybridized carbons (Fsp3) is 0.171. The van der Waals surface area contributed by atoms with Gasteiger partial charge in [0.25, 0.3) is 26.1 Å². The maximum absolute atomic E-state index is 13.6. The Morgan fingerprint density at radius 2 is 1.64 bits per heavy atom. The average Bonchev–Trinajstić information content (AvgIpc) is 3.84. The summed E-state index contributed by atoms with van der Waals surface area (Å²) in [4.78, 5) is 69.3. The van der Waals surface area contributed by atoms with Gasteiger partial charge in [0.05, 0.1) is 62.4 Å². The fourth-order valence-corrected chi connectivity index (χ4v) is 12.4. The van der Waals surface area contributed by atoms with Crippen LogP contribution in [0.4, 0.5) is 11.5 Å². The smallest absolute Gasteiger partial charge is 0.478 e. The van der Waals surface area contributed by atoms with E-state index in [0.717, 1.165) is 36.7 Å². The number of carboxylic acid groups (broad SMARTS) is 1. The first-order valence-corrected chi connectivity index (χ1v) is 26.9. The van der Waals surface area contributed by atoms with Crippen molar-refractivity contribution in [1.29, 1.82) is 5.41 Å². The van der Waals surface area contributed by atoms with Crippen molar-refractivity contribution in [2.75, 3.05) is 24.6 Å². The Balaban J connectivity index is 1.18. The number of nitrogens with one attached hydrogen (secondary N) is 2. The van der Waals surface area contributed by atoms with Crippen molar-refractivity contribution in [2.45, 2.75) is 35.0 Å². The summed E-state index contributed by atoms with van der Waals surface area (Å²) in [5, 5.41) is 18.9. The van der Waals surface area contributed by atoms with Crippen LogP contribution < -0.4 is 22.1 Å². The van der Waals surface area contributed by atoms with E-state index in [0.29, 0.717) is 0 Å². The van der Waals surface area contributed by atoms with E-state index in [1.807, 2.05) is 0 Å². The van der Waals surface area contributed by atoms with Crippen molar-refractivity contribution in [3.8, 4) is 34.3 Å². The average molecular weight is 1110 g/mol. The molecule has 13 N–H and O–H groups in total. The van der Waals surface area contributed by atoms with Gasteiger partial charge in [-0.2, -0.15) is 25.5 Å². The maximum Gasteiger partial charge on any atom is 0.490 e. The molecule has 35 heteroatoms. The number of hydrogen-bond acceptors (Lipinski definition) is 19. The van der Waals surface area contributed by atoms with Gasteiger partial charge in [0.15, 0.2) is 21.1 Å². The number of carboxylic acids is 1. The first-order valence-electron chi connectivity index (χ1n) is 18.8. The minimum Gasteiger partial charge on any atom is -0.478 e. The summed E-state index contributed by atoms with van der Waals surface area (Å²) in [5.41, 5.74) is 8.21. The van der Waals surface area contributed by atoms with E-state index in [1.165, 1.54) is 10.8 Å². The zero-order valence-electron chi connectivity index (χ0n) is 34.3. The fourth-order valence-electron chi connectivity index (χ4n) is 7.29. The monoisotopic (exact) mass is 1110 g/mol. The van der Waals surface area contributed by atoms with Gasteiger partial charge in [-0.25, -0.2) is 28.5 Å². The number of phosphoric ester groups is 1. The number of hydrogen-bond donors (Lipinski definition) is 11. The van der Waals surface area contributed by atoms with Crippen molar-refractivity contribution >= 4 is 112 Å². The highest BCUT2D eigenvalue weighted by atomic mass is 35.5. The van der Waals surface area contributed by atoms with E-state index in [2.05, 4.69) is 40.3 Å². The van der Waals surface area contributed by atoms with Crippen molar-refractivity contribution in [3.63, 3.8) is 0 Å². The highest BCUT2D eigenvalue weighted by Gasteiger charge is 2.42. The zero-order chi connectivity index (χ0) is 51.6. The third-order valence-corrected chi connectivity index (χ3v) is 16.2. The largest absolute Gasteiger partial charge is 0.490 e. The van der Waals surface area contributed by atoms with E-state index in [-0.39, 0.29) is 46.2 Å². The van der Waals surface area contributed by atoms with Gasteiger partial charge in [-0.1, -0.05) is 35.0 Å². The molecule has 1 fully saturated rings. The standard InChI is InChI=1S/C35H30Cl2N7O21P3S2/c36-19-10-18(27(37)26(35(46)47)25(19)24-16-4-6-20(38)30(69(55,56)57)28(16)63-29-17(24)5-7-21(39)31(29)70(58,59)60)34(45)41-9-1-2-14-11-44(33-23(14)32(40)42-13-43-33)22-8-3-15(62-22)12-61-67(51,52)65-68(53,54)64-66(48,49)50/h4-7,10-11,13,15,22,38H,3,8-9,12,39H2,(H,41,45)(H,46,47)(H,51,52)(H,53,54)(H2,40,42,43)(H2,48,49,50)(H,55,56,57)(H,58,59,60)/t15-,22+/m0/s1. The number of rotatable bonds is 14. The summed E-state index contributed by atoms with van der Waals surface area (Å²) >= 11 is 13.4. The third-order valence-electron chi connectivity index (χ3n) is 9.87. The Labute approximate surface area is 400 Å². The second-order valence-corrected chi connectivity index (χ2v) is 22.4. The molecule has 70 heavy (non-hydrogen) atoms. The normalized spacial score (nSPS) is 17.3. The molecule has 4 aromatic rings. The predicted octanol–water partition coefficient (Wildman–Crippen LogP) is 3.89. The highest BCUT2D eigenvalue weighted by molar-refractivity contribution is 7.86. The number of nitrogens with two attached hydrogens (primary N) is 2. The second-order valence-electron chi connectivity index (χ2n) is 14.5. The predicted molar refractivity (Wildman–Crippen MR) is 239 cm³/mol. The van der Waals surface area contributed by atoms with Crippen LogP contribution in [0.3, 0.4) is 0 Å². The second kappa shape index (κ2) is 19.0. The molecule has 3 aliphatic rings. The van der Waals surface area contributed by atoms with Crippen LogP contribution in [-0.4, -0.2) is 96.3 Å². The molecule has 0 saturated carbocycles. The van der Waals surface area contributed by atoms with Crippen LogP contribution in [0.25, 0.3) is 44.5 Å². The van der Waals surface area contributed by atoms with Crippen LogP contribution in [-0.2, 0) is 51.8 Å². The number of aromatic carboxylic acids is 1. The molecule has 0 spiro atoms. The Bertz CT molecular complexity index is 3710. The van der Waals surface area contributed by atoms with Gasteiger partial charge in [0.2, 0.25) is 0 Å². The molecular formula is C35H30Cl2N7O21P3S2. The number of phosphoric acid groups is 3. The molecule has 2 aromatic heterocycles. The van der Waals surface area contributed by atoms with E-state index in [1.54, 1.807) is 0 Å². The molecule has 1 aliphatic carbocycles. The van der Waals surface area contributed by atoms with Crippen molar-refractivity contribution in [2.24, 2.45) is 0 Å². The van der Waals surface area contributed by atoms with Crippen LogP contribution in [0.5, 0.6) is 0 Å². The van der Waals surface area contributed by atoms with Gasteiger partial charge >= 0.3 is 29.4 Å². The van der Waals surface area contributed by atoms with Gasteiger partial charge in [-0.3, -0.25) is 23.8 Å². The van der Waals surface area contributed by atoms with Gasteiger partial charge in [-0.15, -0.1) is 0 Å². The van der Waals surface area contributed by atoms with Crippen LogP contribution in [0.15, 0.2) is 57.1 Å². The SMILES string of the molecule is N=c1ccc2c(-c3c(Cl)cc(C(=O)NCC#Cc4cn([C@H]5CC[C@@H](COP(=O)(O)OP(=O)(O)OP(=O)(O)O)O5)c5ncnc(N)c45)c(Cl)c3C(=O)O)c3ccc(N)c(S(=O)(=O)O)c3oc-2c1S(=O)(=O)O. The summed E-state index contributed by atoms with van der Waals surface area (Å²) in [6.45, 7) is -1.17. The summed E-state index contributed by atoms with van der Waals surface area (Å²) in [6.07, 6.45) is 1.14. The number of aromatic nitrogens is 3. The Hall–Kier alpha value is -5.38. The number of amides is 1. The molecule has 372 valence electrons. The number of fused-ring (bicyclic) bond motifs is 3. The molecule has 0 bridgehead atoms. The molecule has 2 unspecified atom stereocenters. The van der Waals surface area contributed by atoms with Crippen molar-refractivity contribution in [1.82, 2.24) is 19.9 Å². The molecule has 1 saturated heterocycles. The summed E-state index contributed by atoms with van der Waals surface area (Å²) in [5.74, 6) is 1.71. The minimum atomic E-state index is -5.76. The molecule has 28 nitrogen and oxygen atoms in total. The summed E-state index contributed by atoms with van der Waals surface area (Å²) in [6, 6.07) is 5.01. The molecule has 1 amide bonds. The van der Waals surface area contributed by atoms with E-state index < -0.39 is 146 Å². The van der Waals surface area contributed by atoms with Crippen LogP contribution in [0.1, 0.15) is 45.3 Å². The van der Waals surface area contributed by atoms with Gasteiger partial charge in [0.1, 0.15) is 24.0 Å². The molecule has 7 rings (SSSR count). The van der Waals surface area contributed by atoms with Crippen molar-refractivity contribution < 1.29 is 96.2 Å². The summed E-state index contributed by atoms with van der Waals surface area (Å²) < 4.78 is 130. The van der Waals surface area contributed by atoms with Crippen LogP contribution in [0.2, 0.25) is 10.0 Å². The molecule has 2 aromatic carbocycles. The lowest BCUT2D eigenvalue weighted by atomic mass is 9.89. The van der Waals surface area contributed by atoms with Gasteiger partial charge in [0, 0.05) is 28.3 Å². The molecule has 2 aliphatic heterocycles. The minimum absolute atomic E-state index is 0.0401. The number of nitrogens with zero attached hydrogens (tertiary/aromatic N) is 3. The van der Waals surface area contributed by atoms with Gasteiger partial charge in [-0.05, 0) is 43.2 Å². The highest BCUT2D eigenvalue weighted by Crippen LogP contribution is 2.66. The number of anilines is 2. The zero-order valence-corrected chi connectivity index (χ0v) is 40.1. The lowest BCUT2D eigenvalue weighted by Gasteiger charge is -2.21. The number of benzene rings is 3. The van der Waals surface area contributed by atoms with Crippen LogP contribution >= 0.6 is 46.7 Å². The van der Waals surface area contributed by atoms with Gasteiger partial charge < -0.3 is 55.2 Å². The summed E-state index contributed by atoms with van der Waals surface area (Å²) in [7, 11) is -27.5. The lowest BCUT2D eigenvalue weighted by molar-refractivity contribution is -0.0202. The number of carbonyl (C=O) groups is 2. The van der Waals surface area contributed by atoms with E-state index in [9.17, 15) is 64.1 Å². The Morgan fingerprint density at radius 3 is 2.29 bits per heavy atom. The third kappa shape index (κ3) is 10.8. The number of nitrogen functional groups attached to an aromatic ring is 2. The number of ether oxygens (including phenoxy) is 1. The topological polar surface area (TPSA) is 464 Å². The van der Waals surface area contributed by atoms with E-state index >= 15 is 0 Å². The Morgan fingerprint density at radius 1 is 0.957 bits per heavy atom. The number of halogens is 2. The maximum atomic E-state index is 13.6. The molecular weight excluding hydrogens is 1080 g/mol. The lowest BCUT2D eigenvalue weighted by Crippen LogP contribution is -2.24. The molecule has 4 atom stereocenters. The molecule has 4 heterocycles. The number of carbonyl (C=O) groups excluding carboxylic acids is 1. The first kappa shape index (κ1) is 52.4.